The largest absolute Gasteiger partial charge is 0.313 e. The molecule has 0 aromatic heterocycles. The number of halogens is 2. The van der Waals surface area contributed by atoms with E-state index >= 15 is 0 Å². The fourth-order valence-corrected chi connectivity index (χ4v) is 2.59. The number of benzene rings is 2. The maximum atomic E-state index is 13.9. The Morgan fingerprint density at radius 2 is 1.86 bits per heavy atom. The zero-order valence-electron chi connectivity index (χ0n) is 12.8. The molecule has 0 saturated carbocycles. The molecule has 2 aromatic rings. The Labute approximate surface area is 131 Å². The number of aryl methyl sites for hydroxylation is 2. The van der Waals surface area contributed by atoms with Crippen LogP contribution in [0.2, 0.25) is 5.02 Å². The molecule has 0 bridgehead atoms. The van der Waals surface area contributed by atoms with Gasteiger partial charge in [0.2, 0.25) is 0 Å². The smallest absolute Gasteiger partial charge is 0.127 e. The molecule has 0 aliphatic heterocycles. The molecule has 0 radical (unpaired) electrons. The van der Waals surface area contributed by atoms with Gasteiger partial charge in [-0.25, -0.2) is 4.39 Å². The molecule has 2 rings (SSSR count). The molecule has 0 heterocycles. The van der Waals surface area contributed by atoms with Crippen molar-refractivity contribution in [2.45, 2.75) is 33.7 Å². The zero-order valence-corrected chi connectivity index (χ0v) is 13.5. The Morgan fingerprint density at radius 3 is 2.57 bits per heavy atom. The van der Waals surface area contributed by atoms with Crippen molar-refractivity contribution in [2.24, 2.45) is 0 Å². The van der Waals surface area contributed by atoms with Crippen molar-refractivity contribution in [3.8, 4) is 11.1 Å². The molecule has 0 aliphatic carbocycles. The maximum Gasteiger partial charge on any atom is 0.127 e. The Bertz CT molecular complexity index is 637. The minimum absolute atomic E-state index is 0.161. The lowest BCUT2D eigenvalue weighted by Gasteiger charge is -2.12. The Hall–Kier alpha value is -1.38. The summed E-state index contributed by atoms with van der Waals surface area (Å²) in [6, 6.07) is 9.32. The monoisotopic (exact) mass is 305 g/mol. The highest BCUT2D eigenvalue weighted by Gasteiger charge is 2.09. The third-order valence-corrected chi connectivity index (χ3v) is 4.01. The average Bonchev–Trinajstić information content (AvgIpc) is 2.45. The van der Waals surface area contributed by atoms with Gasteiger partial charge in [-0.2, -0.15) is 0 Å². The molecular weight excluding hydrogens is 285 g/mol. The third-order valence-electron chi connectivity index (χ3n) is 3.60. The van der Waals surface area contributed by atoms with E-state index in [-0.39, 0.29) is 5.82 Å². The van der Waals surface area contributed by atoms with E-state index in [1.807, 2.05) is 32.0 Å². The SMILES string of the molecule is CCCNCc1cc(-c2cc(C)c(Cl)cc2C)ccc1F. The van der Waals surface area contributed by atoms with Crippen LogP contribution in [0.15, 0.2) is 30.3 Å². The summed E-state index contributed by atoms with van der Waals surface area (Å²) in [5.41, 5.74) is 4.97. The first-order valence-corrected chi connectivity index (χ1v) is 7.67. The summed E-state index contributed by atoms with van der Waals surface area (Å²) in [4.78, 5) is 0. The molecule has 0 fully saturated rings. The molecule has 112 valence electrons. The van der Waals surface area contributed by atoms with E-state index in [9.17, 15) is 4.39 Å². The fraction of sp³-hybridized carbons (Fsp3) is 0.333. The maximum absolute atomic E-state index is 13.9. The Morgan fingerprint density at radius 1 is 1.10 bits per heavy atom. The molecule has 3 heteroatoms. The molecule has 0 spiro atoms. The van der Waals surface area contributed by atoms with Gasteiger partial charge in [-0.05, 0) is 73.3 Å². The first-order chi connectivity index (χ1) is 10.0. The van der Waals surface area contributed by atoms with Crippen LogP contribution >= 0.6 is 11.6 Å². The topological polar surface area (TPSA) is 12.0 Å². The van der Waals surface area contributed by atoms with Crippen LogP contribution in [0, 0.1) is 19.7 Å². The Balaban J connectivity index is 2.36. The fourth-order valence-electron chi connectivity index (χ4n) is 2.37. The van der Waals surface area contributed by atoms with Crippen LogP contribution < -0.4 is 5.32 Å². The van der Waals surface area contributed by atoms with Crippen molar-refractivity contribution in [3.05, 3.63) is 57.9 Å². The number of hydrogen-bond acceptors (Lipinski definition) is 1. The lowest BCUT2D eigenvalue weighted by atomic mass is 9.97. The second-order valence-electron chi connectivity index (χ2n) is 5.40. The van der Waals surface area contributed by atoms with Gasteiger partial charge in [-0.1, -0.05) is 24.6 Å². The van der Waals surface area contributed by atoms with E-state index in [0.29, 0.717) is 12.1 Å². The van der Waals surface area contributed by atoms with Gasteiger partial charge >= 0.3 is 0 Å². The molecule has 1 N–H and O–H groups in total. The summed E-state index contributed by atoms with van der Waals surface area (Å²) in [6.07, 6.45) is 1.04. The summed E-state index contributed by atoms with van der Waals surface area (Å²) in [6.45, 7) is 7.55. The van der Waals surface area contributed by atoms with Crippen LogP contribution in [0.1, 0.15) is 30.0 Å². The minimum atomic E-state index is -0.161. The Kier molecular flexibility index (Phi) is 5.38. The zero-order chi connectivity index (χ0) is 15.4. The van der Waals surface area contributed by atoms with Crippen LogP contribution in [-0.2, 0) is 6.54 Å². The minimum Gasteiger partial charge on any atom is -0.313 e. The summed E-state index contributed by atoms with van der Waals surface area (Å²) in [5.74, 6) is -0.161. The van der Waals surface area contributed by atoms with Crippen molar-refractivity contribution in [3.63, 3.8) is 0 Å². The second-order valence-corrected chi connectivity index (χ2v) is 5.81. The molecule has 21 heavy (non-hydrogen) atoms. The van der Waals surface area contributed by atoms with E-state index in [2.05, 4.69) is 18.3 Å². The van der Waals surface area contributed by atoms with Gasteiger partial charge in [0.1, 0.15) is 5.82 Å². The van der Waals surface area contributed by atoms with Gasteiger partial charge in [0.05, 0.1) is 0 Å². The molecule has 0 unspecified atom stereocenters. The lowest BCUT2D eigenvalue weighted by Crippen LogP contribution is -2.14. The van der Waals surface area contributed by atoms with Gasteiger partial charge in [-0.15, -0.1) is 0 Å². The molecule has 0 saturated heterocycles. The van der Waals surface area contributed by atoms with E-state index < -0.39 is 0 Å². The average molecular weight is 306 g/mol. The predicted octanol–water partition coefficient (Wildman–Crippen LogP) is 5.26. The van der Waals surface area contributed by atoms with Crippen LogP contribution in [0.3, 0.4) is 0 Å². The van der Waals surface area contributed by atoms with Gasteiger partial charge in [0.15, 0.2) is 0 Å². The van der Waals surface area contributed by atoms with Crippen LogP contribution in [0.25, 0.3) is 11.1 Å². The summed E-state index contributed by atoms with van der Waals surface area (Å²) < 4.78 is 13.9. The molecule has 0 amide bonds. The van der Waals surface area contributed by atoms with Crippen molar-refractivity contribution >= 4 is 11.6 Å². The standard InChI is InChI=1S/C18H21ClFN/c1-4-7-21-11-15-10-14(5-6-18(15)20)16-8-13(3)17(19)9-12(16)2/h5-6,8-10,21H,4,7,11H2,1-3H3. The van der Waals surface area contributed by atoms with Crippen LogP contribution in [-0.4, -0.2) is 6.54 Å². The first kappa shape index (κ1) is 16.0. The predicted molar refractivity (Wildman–Crippen MR) is 88.3 cm³/mol. The summed E-state index contributed by atoms with van der Waals surface area (Å²) >= 11 is 6.14. The molecule has 2 aromatic carbocycles. The van der Waals surface area contributed by atoms with Gasteiger partial charge < -0.3 is 5.32 Å². The van der Waals surface area contributed by atoms with E-state index in [1.165, 1.54) is 0 Å². The molecular formula is C18H21ClFN. The van der Waals surface area contributed by atoms with Crippen molar-refractivity contribution in [2.75, 3.05) is 6.54 Å². The quantitative estimate of drug-likeness (QED) is 0.743. The van der Waals surface area contributed by atoms with Gasteiger partial charge in [0, 0.05) is 17.1 Å². The lowest BCUT2D eigenvalue weighted by molar-refractivity contribution is 0.587. The second kappa shape index (κ2) is 7.06. The molecule has 1 nitrogen and oxygen atoms in total. The highest BCUT2D eigenvalue weighted by Crippen LogP contribution is 2.29. The summed E-state index contributed by atoms with van der Waals surface area (Å²) in [5, 5.41) is 4.01. The van der Waals surface area contributed by atoms with E-state index in [0.717, 1.165) is 40.2 Å². The van der Waals surface area contributed by atoms with E-state index in [1.54, 1.807) is 6.07 Å². The van der Waals surface area contributed by atoms with Crippen LogP contribution in [0.5, 0.6) is 0 Å². The number of rotatable bonds is 5. The summed E-state index contributed by atoms with van der Waals surface area (Å²) in [7, 11) is 0. The number of hydrogen-bond donors (Lipinski definition) is 1. The van der Waals surface area contributed by atoms with Crippen molar-refractivity contribution < 1.29 is 4.39 Å². The highest BCUT2D eigenvalue weighted by atomic mass is 35.5. The van der Waals surface area contributed by atoms with Crippen LogP contribution in [0.4, 0.5) is 4.39 Å². The molecule has 0 aliphatic rings. The van der Waals surface area contributed by atoms with Gasteiger partial charge in [-0.3, -0.25) is 0 Å². The van der Waals surface area contributed by atoms with Gasteiger partial charge in [0.25, 0.3) is 0 Å². The molecule has 0 atom stereocenters. The first-order valence-electron chi connectivity index (χ1n) is 7.29. The normalized spacial score (nSPS) is 10.9. The van der Waals surface area contributed by atoms with Crippen molar-refractivity contribution in [1.29, 1.82) is 0 Å². The number of nitrogens with one attached hydrogen (secondary N) is 1. The van der Waals surface area contributed by atoms with E-state index in [4.69, 9.17) is 11.6 Å². The third kappa shape index (κ3) is 3.84. The van der Waals surface area contributed by atoms with Crippen molar-refractivity contribution in [1.82, 2.24) is 5.32 Å². The highest BCUT2D eigenvalue weighted by molar-refractivity contribution is 6.31.